The molecule has 0 radical (unpaired) electrons. The summed E-state index contributed by atoms with van der Waals surface area (Å²) in [4.78, 5) is 4.66. The van der Waals surface area contributed by atoms with Crippen molar-refractivity contribution in [1.82, 2.24) is 9.36 Å². The number of nitrogens with zero attached hydrogens (tertiary/aromatic N) is 2. The van der Waals surface area contributed by atoms with Crippen LogP contribution in [-0.4, -0.2) is 9.36 Å². The third-order valence-electron chi connectivity index (χ3n) is 2.02. The number of hydrogen-bond donors (Lipinski definition) is 1. The van der Waals surface area contributed by atoms with Crippen molar-refractivity contribution >= 4 is 29.0 Å². The molecule has 2 N–H and O–H groups in total. The topological polar surface area (TPSA) is 51.8 Å². The zero-order chi connectivity index (χ0) is 12.4. The van der Waals surface area contributed by atoms with E-state index < -0.39 is 11.6 Å². The molecular formula is C10H9F2N3S2. The Labute approximate surface area is 105 Å². The van der Waals surface area contributed by atoms with Gasteiger partial charge in [0.2, 0.25) is 0 Å². The average molecular weight is 273 g/mol. The maximum atomic E-state index is 13.1. The normalized spacial score (nSPS) is 10.8. The van der Waals surface area contributed by atoms with E-state index in [1.807, 2.05) is 6.92 Å². The molecule has 1 aromatic heterocycles. The standard InChI is InChI=1S/C10H9F2N3S2/c1-2-9-14-10(17-15-9)16-8-4-6(12)5(11)3-7(8)13/h3-4H,2,13H2,1H3. The van der Waals surface area contributed by atoms with Gasteiger partial charge in [0.1, 0.15) is 5.82 Å². The molecular weight excluding hydrogens is 264 g/mol. The van der Waals surface area contributed by atoms with Crippen LogP contribution in [0.4, 0.5) is 14.5 Å². The molecule has 0 fully saturated rings. The Morgan fingerprint density at radius 3 is 2.71 bits per heavy atom. The second-order valence-corrected chi connectivity index (χ2v) is 5.28. The molecule has 0 saturated heterocycles. The van der Waals surface area contributed by atoms with Crippen LogP contribution >= 0.6 is 23.3 Å². The highest BCUT2D eigenvalue weighted by Gasteiger charge is 2.11. The van der Waals surface area contributed by atoms with Gasteiger partial charge < -0.3 is 5.73 Å². The Bertz CT molecular complexity index is 542. The summed E-state index contributed by atoms with van der Waals surface area (Å²) in [6, 6.07) is 2.04. The first-order chi connectivity index (χ1) is 8.10. The van der Waals surface area contributed by atoms with Gasteiger partial charge in [-0.3, -0.25) is 0 Å². The van der Waals surface area contributed by atoms with E-state index in [1.54, 1.807) is 0 Å². The first-order valence-corrected chi connectivity index (χ1v) is 6.44. The number of hydrogen-bond acceptors (Lipinski definition) is 5. The predicted molar refractivity (Wildman–Crippen MR) is 64.2 cm³/mol. The molecule has 0 aliphatic heterocycles. The Morgan fingerprint density at radius 2 is 2.06 bits per heavy atom. The highest BCUT2D eigenvalue weighted by molar-refractivity contribution is 8.01. The molecule has 0 bridgehead atoms. The molecule has 0 aliphatic rings. The van der Waals surface area contributed by atoms with E-state index in [-0.39, 0.29) is 5.69 Å². The summed E-state index contributed by atoms with van der Waals surface area (Å²) >= 11 is 2.40. The monoisotopic (exact) mass is 273 g/mol. The second kappa shape index (κ2) is 4.97. The lowest BCUT2D eigenvalue weighted by molar-refractivity contribution is 0.506. The highest BCUT2D eigenvalue weighted by Crippen LogP contribution is 2.34. The van der Waals surface area contributed by atoms with Gasteiger partial charge in [0.05, 0.1) is 0 Å². The van der Waals surface area contributed by atoms with Crippen LogP contribution in [0.3, 0.4) is 0 Å². The van der Waals surface area contributed by atoms with Crippen molar-refractivity contribution in [1.29, 1.82) is 0 Å². The SMILES string of the molecule is CCc1nsc(Sc2cc(F)c(F)cc2N)n1. The van der Waals surface area contributed by atoms with Gasteiger partial charge in [-0.05, 0) is 17.6 Å². The Hall–Kier alpha value is -1.21. The molecule has 1 aromatic carbocycles. The van der Waals surface area contributed by atoms with Crippen molar-refractivity contribution in [2.24, 2.45) is 0 Å². The number of nitrogen functional groups attached to an aromatic ring is 1. The first-order valence-electron chi connectivity index (χ1n) is 4.85. The summed E-state index contributed by atoms with van der Waals surface area (Å²) in [7, 11) is 0. The van der Waals surface area contributed by atoms with Crippen LogP contribution in [0.15, 0.2) is 21.4 Å². The molecule has 7 heteroatoms. The van der Waals surface area contributed by atoms with E-state index in [4.69, 9.17) is 5.73 Å². The van der Waals surface area contributed by atoms with E-state index in [0.717, 1.165) is 24.4 Å². The summed E-state index contributed by atoms with van der Waals surface area (Å²) in [5.74, 6) is -1.13. The lowest BCUT2D eigenvalue weighted by atomic mass is 10.3. The van der Waals surface area contributed by atoms with Crippen LogP contribution in [0.2, 0.25) is 0 Å². The minimum Gasteiger partial charge on any atom is -0.398 e. The summed E-state index contributed by atoms with van der Waals surface area (Å²) < 4.78 is 30.7. The minimum atomic E-state index is -0.946. The van der Waals surface area contributed by atoms with Gasteiger partial charge in [-0.15, -0.1) is 0 Å². The number of rotatable bonds is 3. The van der Waals surface area contributed by atoms with E-state index >= 15 is 0 Å². The molecule has 2 aromatic rings. The fourth-order valence-corrected chi connectivity index (χ4v) is 2.86. The maximum absolute atomic E-state index is 13.1. The molecule has 2 rings (SSSR count). The Kier molecular flexibility index (Phi) is 3.58. The van der Waals surface area contributed by atoms with Crippen LogP contribution in [-0.2, 0) is 6.42 Å². The Morgan fingerprint density at radius 1 is 1.35 bits per heavy atom. The molecule has 0 unspecified atom stereocenters. The average Bonchev–Trinajstić information content (AvgIpc) is 2.73. The van der Waals surface area contributed by atoms with Crippen LogP contribution in [0.5, 0.6) is 0 Å². The van der Waals surface area contributed by atoms with E-state index in [9.17, 15) is 8.78 Å². The first kappa shape index (κ1) is 12.3. The molecule has 0 atom stereocenters. The van der Waals surface area contributed by atoms with Crippen LogP contribution in [0, 0.1) is 11.6 Å². The zero-order valence-electron chi connectivity index (χ0n) is 8.91. The molecule has 0 spiro atoms. The Balaban J connectivity index is 2.26. The fourth-order valence-electron chi connectivity index (χ4n) is 1.15. The summed E-state index contributed by atoms with van der Waals surface area (Å²) in [5.41, 5.74) is 5.80. The van der Waals surface area contributed by atoms with Crippen molar-refractivity contribution in [3.63, 3.8) is 0 Å². The summed E-state index contributed by atoms with van der Waals surface area (Å²) in [6.45, 7) is 1.95. The molecule has 90 valence electrons. The molecule has 0 aliphatic carbocycles. The predicted octanol–water partition coefficient (Wildman–Crippen LogP) is 3.11. The van der Waals surface area contributed by atoms with E-state index in [1.165, 1.54) is 23.3 Å². The third kappa shape index (κ3) is 2.73. The minimum absolute atomic E-state index is 0.196. The van der Waals surface area contributed by atoms with Crippen molar-refractivity contribution in [3.05, 3.63) is 29.6 Å². The lowest BCUT2D eigenvalue weighted by Crippen LogP contribution is -1.93. The van der Waals surface area contributed by atoms with Gasteiger partial charge in [-0.2, -0.15) is 4.37 Å². The summed E-state index contributed by atoms with van der Waals surface area (Å²) in [5, 5.41) is 0. The molecule has 0 saturated carbocycles. The van der Waals surface area contributed by atoms with Gasteiger partial charge in [0.25, 0.3) is 0 Å². The van der Waals surface area contributed by atoms with Crippen LogP contribution in [0.25, 0.3) is 0 Å². The molecule has 0 amide bonds. The smallest absolute Gasteiger partial charge is 0.174 e. The molecule has 1 heterocycles. The van der Waals surface area contributed by atoms with E-state index in [2.05, 4.69) is 9.36 Å². The van der Waals surface area contributed by atoms with E-state index in [0.29, 0.717) is 9.24 Å². The number of anilines is 1. The second-order valence-electron chi connectivity index (χ2n) is 3.24. The summed E-state index contributed by atoms with van der Waals surface area (Å²) in [6.07, 6.45) is 0.740. The quantitative estimate of drug-likeness (QED) is 0.873. The van der Waals surface area contributed by atoms with Crippen molar-refractivity contribution < 1.29 is 8.78 Å². The molecule has 17 heavy (non-hydrogen) atoms. The highest BCUT2D eigenvalue weighted by atomic mass is 32.2. The third-order valence-corrected chi connectivity index (χ3v) is 3.88. The largest absolute Gasteiger partial charge is 0.398 e. The van der Waals surface area contributed by atoms with Gasteiger partial charge in [0, 0.05) is 23.1 Å². The number of halogens is 2. The van der Waals surface area contributed by atoms with Crippen molar-refractivity contribution in [2.75, 3.05) is 5.73 Å². The lowest BCUT2D eigenvalue weighted by Gasteiger charge is -2.03. The fraction of sp³-hybridized carbons (Fsp3) is 0.200. The van der Waals surface area contributed by atoms with Gasteiger partial charge in [0.15, 0.2) is 16.0 Å². The van der Waals surface area contributed by atoms with Gasteiger partial charge in [-0.25, -0.2) is 13.8 Å². The van der Waals surface area contributed by atoms with Crippen molar-refractivity contribution in [2.45, 2.75) is 22.6 Å². The number of nitrogens with two attached hydrogens (primary N) is 1. The maximum Gasteiger partial charge on any atom is 0.174 e. The van der Waals surface area contributed by atoms with Gasteiger partial charge in [-0.1, -0.05) is 18.7 Å². The number of benzene rings is 1. The number of aryl methyl sites for hydroxylation is 1. The molecule has 3 nitrogen and oxygen atoms in total. The van der Waals surface area contributed by atoms with Crippen molar-refractivity contribution in [3.8, 4) is 0 Å². The zero-order valence-corrected chi connectivity index (χ0v) is 10.5. The number of aromatic nitrogens is 2. The van der Waals surface area contributed by atoms with Crippen LogP contribution in [0.1, 0.15) is 12.7 Å². The van der Waals surface area contributed by atoms with Crippen LogP contribution < -0.4 is 5.73 Å². The van der Waals surface area contributed by atoms with Gasteiger partial charge >= 0.3 is 0 Å².